The number of amidine groups is 2. The van der Waals surface area contributed by atoms with Gasteiger partial charge in [-0.15, -0.1) is 0 Å². The van der Waals surface area contributed by atoms with Crippen molar-refractivity contribution in [3.05, 3.63) is 66.0 Å². The lowest BCUT2D eigenvalue weighted by atomic mass is 10.1. The van der Waals surface area contributed by atoms with Crippen molar-refractivity contribution in [1.82, 2.24) is 4.90 Å². The molecule has 1 fully saturated rings. The van der Waals surface area contributed by atoms with Crippen LogP contribution in [0.3, 0.4) is 0 Å². The lowest BCUT2D eigenvalue weighted by Gasteiger charge is -2.29. The highest BCUT2D eigenvalue weighted by atomic mass is 32.2. The maximum absolute atomic E-state index is 13.4. The van der Waals surface area contributed by atoms with Crippen LogP contribution in [0.5, 0.6) is 0 Å². The van der Waals surface area contributed by atoms with Gasteiger partial charge in [-0.1, -0.05) is 42.1 Å². The second-order valence-corrected chi connectivity index (χ2v) is 7.96. The zero-order valence-electron chi connectivity index (χ0n) is 16.1. The van der Waals surface area contributed by atoms with Gasteiger partial charge in [0.25, 0.3) is 0 Å². The normalized spacial score (nSPS) is 17.0. The monoisotopic (exact) mass is 410 g/mol. The van der Waals surface area contributed by atoms with E-state index in [1.54, 1.807) is 12.1 Å². The number of amides is 1. The van der Waals surface area contributed by atoms with Crippen molar-refractivity contribution in [3.8, 4) is 0 Å². The smallest absolute Gasteiger partial charge is 0.233 e. The third-order valence-electron chi connectivity index (χ3n) is 5.00. The number of hydrogen-bond acceptors (Lipinski definition) is 5. The Balaban J connectivity index is 1.54. The third kappa shape index (κ3) is 4.85. The summed E-state index contributed by atoms with van der Waals surface area (Å²) in [4.78, 5) is 25.8. The highest BCUT2D eigenvalue weighted by Gasteiger charge is 2.23. The number of benzene rings is 2. The first-order valence-corrected chi connectivity index (χ1v) is 10.8. The minimum atomic E-state index is -0.286. The van der Waals surface area contributed by atoms with Crippen LogP contribution in [-0.4, -0.2) is 47.3 Å². The van der Waals surface area contributed by atoms with Gasteiger partial charge in [-0.2, -0.15) is 0 Å². The fourth-order valence-electron chi connectivity index (χ4n) is 3.41. The average molecular weight is 411 g/mol. The van der Waals surface area contributed by atoms with E-state index < -0.39 is 0 Å². The second-order valence-electron chi connectivity index (χ2n) is 7.02. The molecule has 4 rings (SSSR count). The summed E-state index contributed by atoms with van der Waals surface area (Å²) in [6.07, 6.45) is 3.34. The number of carbonyl (C=O) groups excluding carboxylic acids is 1. The fraction of sp³-hybridized carbons (Fsp3) is 0.318. The first kappa shape index (κ1) is 19.6. The third-order valence-corrected chi connectivity index (χ3v) is 5.96. The molecule has 2 aliphatic heterocycles. The summed E-state index contributed by atoms with van der Waals surface area (Å²) in [7, 11) is 0. The average Bonchev–Trinajstić information content (AvgIpc) is 2.79. The topological polar surface area (TPSA) is 48.3 Å². The molecule has 0 atom stereocenters. The molecule has 0 unspecified atom stereocenters. The van der Waals surface area contributed by atoms with E-state index in [9.17, 15) is 9.18 Å². The van der Waals surface area contributed by atoms with Gasteiger partial charge in [0.15, 0.2) is 11.0 Å². The van der Waals surface area contributed by atoms with Crippen LogP contribution in [0, 0.1) is 5.82 Å². The number of thioether (sulfide) groups is 1. The number of likely N-dealkylation sites (tertiary alicyclic amines) is 1. The van der Waals surface area contributed by atoms with E-state index >= 15 is 0 Å². The predicted octanol–water partition coefficient (Wildman–Crippen LogP) is 4.15. The molecular formula is C22H23FN4OS. The second kappa shape index (κ2) is 9.22. The molecule has 0 aromatic heterocycles. The Kier molecular flexibility index (Phi) is 6.24. The maximum atomic E-state index is 13.4. The van der Waals surface area contributed by atoms with Crippen molar-refractivity contribution in [2.75, 3.05) is 30.4 Å². The van der Waals surface area contributed by atoms with Crippen LogP contribution >= 0.6 is 11.8 Å². The van der Waals surface area contributed by atoms with E-state index in [1.807, 2.05) is 40.1 Å². The minimum absolute atomic E-state index is 0.139. The molecule has 0 aliphatic carbocycles. The van der Waals surface area contributed by atoms with Gasteiger partial charge in [0.2, 0.25) is 5.91 Å². The van der Waals surface area contributed by atoms with Crippen LogP contribution in [0.4, 0.5) is 10.1 Å². The van der Waals surface area contributed by atoms with Crippen molar-refractivity contribution < 1.29 is 9.18 Å². The number of hydrogen-bond donors (Lipinski definition) is 0. The standard InChI is InChI=1S/C22H23FN4OS/c23-18-9-11-19(12-10-18)27-16-24-21(17-7-3-1-4-8-17)25-22(27)29-15-20(28)26-13-5-2-6-14-26/h1,3-4,7-12H,2,5-6,13-16H2. The predicted molar refractivity (Wildman–Crippen MR) is 117 cm³/mol. The minimum Gasteiger partial charge on any atom is -0.342 e. The van der Waals surface area contributed by atoms with Crippen LogP contribution < -0.4 is 4.90 Å². The van der Waals surface area contributed by atoms with Crippen molar-refractivity contribution in [1.29, 1.82) is 0 Å². The summed E-state index contributed by atoms with van der Waals surface area (Å²) in [6, 6.07) is 16.1. The quantitative estimate of drug-likeness (QED) is 0.761. The SMILES string of the molecule is O=C(CSC1=NC(c2ccccc2)=NCN1c1ccc(F)cc1)N1CCCCC1. The summed E-state index contributed by atoms with van der Waals surface area (Å²) in [5.74, 6) is 0.835. The highest BCUT2D eigenvalue weighted by Crippen LogP contribution is 2.24. The Bertz CT molecular complexity index is 908. The molecule has 2 aliphatic rings. The number of halogens is 1. The summed E-state index contributed by atoms with van der Waals surface area (Å²) in [5, 5.41) is 0.704. The van der Waals surface area contributed by atoms with Gasteiger partial charge < -0.3 is 9.80 Å². The van der Waals surface area contributed by atoms with Gasteiger partial charge in [-0.3, -0.25) is 4.79 Å². The lowest BCUT2D eigenvalue weighted by molar-refractivity contribution is -0.129. The van der Waals surface area contributed by atoms with E-state index in [0.717, 1.165) is 37.2 Å². The summed E-state index contributed by atoms with van der Waals surface area (Å²) in [6.45, 7) is 2.05. The molecule has 2 heterocycles. The highest BCUT2D eigenvalue weighted by molar-refractivity contribution is 8.14. The van der Waals surface area contributed by atoms with E-state index in [-0.39, 0.29) is 11.7 Å². The molecule has 0 N–H and O–H groups in total. The van der Waals surface area contributed by atoms with Crippen LogP contribution in [0.25, 0.3) is 0 Å². The molecule has 1 amide bonds. The van der Waals surface area contributed by atoms with Gasteiger partial charge in [0.05, 0.1) is 5.75 Å². The Labute approximate surface area is 174 Å². The van der Waals surface area contributed by atoms with E-state index in [1.165, 1.54) is 30.3 Å². The Morgan fingerprint density at radius 2 is 1.72 bits per heavy atom. The van der Waals surface area contributed by atoms with Gasteiger partial charge in [0.1, 0.15) is 12.5 Å². The molecule has 7 heteroatoms. The summed E-state index contributed by atoms with van der Waals surface area (Å²) in [5.41, 5.74) is 1.74. The van der Waals surface area contributed by atoms with Crippen LogP contribution in [-0.2, 0) is 4.79 Å². The zero-order valence-corrected chi connectivity index (χ0v) is 16.9. The Morgan fingerprint density at radius 1 is 1.00 bits per heavy atom. The summed E-state index contributed by atoms with van der Waals surface area (Å²) >= 11 is 1.41. The van der Waals surface area contributed by atoms with Gasteiger partial charge in [-0.05, 0) is 43.5 Å². The fourth-order valence-corrected chi connectivity index (χ4v) is 4.32. The number of piperidine rings is 1. The molecular weight excluding hydrogens is 387 g/mol. The van der Waals surface area contributed by atoms with E-state index in [4.69, 9.17) is 4.99 Å². The van der Waals surface area contributed by atoms with E-state index in [2.05, 4.69) is 4.99 Å². The number of aliphatic imine (C=N–C) groups is 2. The van der Waals surface area contributed by atoms with Crippen LogP contribution in [0.2, 0.25) is 0 Å². The first-order valence-electron chi connectivity index (χ1n) is 9.83. The van der Waals surface area contributed by atoms with Crippen LogP contribution in [0.15, 0.2) is 64.6 Å². The van der Waals surface area contributed by atoms with Gasteiger partial charge in [0, 0.05) is 24.3 Å². The molecule has 2 aromatic rings. The molecule has 0 saturated carbocycles. The zero-order chi connectivity index (χ0) is 20.1. The summed E-state index contributed by atoms with van der Waals surface area (Å²) < 4.78 is 13.4. The molecule has 29 heavy (non-hydrogen) atoms. The number of carbonyl (C=O) groups is 1. The first-order chi connectivity index (χ1) is 14.2. The molecule has 0 bridgehead atoms. The van der Waals surface area contributed by atoms with E-state index in [0.29, 0.717) is 23.4 Å². The van der Waals surface area contributed by atoms with Crippen molar-refractivity contribution >= 4 is 34.4 Å². The molecule has 1 saturated heterocycles. The number of anilines is 1. The van der Waals surface area contributed by atoms with Crippen molar-refractivity contribution in [3.63, 3.8) is 0 Å². The number of rotatable bonds is 4. The van der Waals surface area contributed by atoms with Crippen LogP contribution in [0.1, 0.15) is 24.8 Å². The largest absolute Gasteiger partial charge is 0.342 e. The van der Waals surface area contributed by atoms with Gasteiger partial charge in [-0.25, -0.2) is 14.4 Å². The van der Waals surface area contributed by atoms with Gasteiger partial charge >= 0.3 is 0 Å². The lowest BCUT2D eigenvalue weighted by Crippen LogP contribution is -2.38. The number of nitrogens with zero attached hydrogens (tertiary/aromatic N) is 4. The molecule has 2 aromatic carbocycles. The molecule has 0 radical (unpaired) electrons. The van der Waals surface area contributed by atoms with Crippen molar-refractivity contribution in [2.45, 2.75) is 19.3 Å². The molecule has 0 spiro atoms. The molecule has 150 valence electrons. The Morgan fingerprint density at radius 3 is 2.45 bits per heavy atom. The molecule has 5 nitrogen and oxygen atoms in total. The Hall–Kier alpha value is -2.67. The maximum Gasteiger partial charge on any atom is 0.233 e. The van der Waals surface area contributed by atoms with Crippen molar-refractivity contribution in [2.24, 2.45) is 9.98 Å².